The summed E-state index contributed by atoms with van der Waals surface area (Å²) in [7, 11) is 0. The van der Waals surface area contributed by atoms with Crippen LogP contribution >= 0.6 is 11.6 Å². The molecule has 30 heavy (non-hydrogen) atoms. The van der Waals surface area contributed by atoms with Crippen molar-refractivity contribution in [3.8, 4) is 0 Å². The molecule has 2 heterocycles. The van der Waals surface area contributed by atoms with Crippen LogP contribution in [0.5, 0.6) is 0 Å². The van der Waals surface area contributed by atoms with Gasteiger partial charge in [0.2, 0.25) is 0 Å². The van der Waals surface area contributed by atoms with Crippen molar-refractivity contribution in [3.63, 3.8) is 0 Å². The van der Waals surface area contributed by atoms with Crippen molar-refractivity contribution in [1.82, 2.24) is 4.98 Å². The van der Waals surface area contributed by atoms with E-state index in [0.29, 0.717) is 22.0 Å². The summed E-state index contributed by atoms with van der Waals surface area (Å²) in [4.78, 5) is 31.7. The fourth-order valence-corrected chi connectivity index (χ4v) is 3.69. The molecule has 1 aliphatic rings. The van der Waals surface area contributed by atoms with Crippen molar-refractivity contribution < 1.29 is 19.1 Å². The molecule has 5 nitrogen and oxygen atoms in total. The zero-order chi connectivity index (χ0) is 21.4. The lowest BCUT2D eigenvalue weighted by molar-refractivity contribution is -0.132. The number of aromatic nitrogens is 1. The van der Waals surface area contributed by atoms with Crippen molar-refractivity contribution in [2.75, 3.05) is 4.90 Å². The first-order chi connectivity index (χ1) is 14.4. The molecule has 1 N–H and O–H groups in total. The maximum atomic E-state index is 13.3. The molecule has 0 aliphatic carbocycles. The van der Waals surface area contributed by atoms with E-state index in [-0.39, 0.29) is 11.1 Å². The number of amides is 1. The Morgan fingerprint density at radius 3 is 2.47 bits per heavy atom. The highest BCUT2D eigenvalue weighted by Crippen LogP contribution is 2.43. The van der Waals surface area contributed by atoms with E-state index in [1.54, 1.807) is 43.3 Å². The fourth-order valence-electron chi connectivity index (χ4n) is 3.52. The van der Waals surface area contributed by atoms with E-state index in [0.717, 1.165) is 0 Å². The number of nitrogens with zero attached hydrogens (tertiary/aromatic N) is 2. The third-order valence-corrected chi connectivity index (χ3v) is 5.44. The highest BCUT2D eigenvalue weighted by atomic mass is 35.5. The zero-order valence-electron chi connectivity index (χ0n) is 15.8. The first-order valence-electron chi connectivity index (χ1n) is 9.13. The third kappa shape index (κ3) is 3.25. The maximum absolute atomic E-state index is 13.3. The molecular formula is C23H16ClFN2O3. The quantitative estimate of drug-likeness (QED) is 0.373. The summed E-state index contributed by atoms with van der Waals surface area (Å²) >= 11 is 6.24. The third-order valence-electron chi connectivity index (χ3n) is 5.03. The molecule has 1 atom stereocenters. The second-order valence-corrected chi connectivity index (χ2v) is 7.22. The van der Waals surface area contributed by atoms with Gasteiger partial charge in [-0.3, -0.25) is 19.5 Å². The molecule has 1 saturated heterocycles. The van der Waals surface area contributed by atoms with Gasteiger partial charge in [-0.1, -0.05) is 23.7 Å². The number of aliphatic hydroxyl groups is 1. The fraction of sp³-hybridized carbons (Fsp3) is 0.0870. The van der Waals surface area contributed by atoms with Crippen molar-refractivity contribution in [1.29, 1.82) is 0 Å². The Balaban J connectivity index is 1.97. The highest BCUT2D eigenvalue weighted by molar-refractivity contribution is 6.52. The van der Waals surface area contributed by atoms with E-state index in [1.807, 2.05) is 0 Å². The topological polar surface area (TPSA) is 70.5 Å². The first-order valence-corrected chi connectivity index (χ1v) is 9.51. The molecule has 1 amide bonds. The second kappa shape index (κ2) is 7.72. The molecule has 0 bridgehead atoms. The molecule has 1 fully saturated rings. The number of anilines is 1. The Hall–Kier alpha value is -3.51. The molecule has 150 valence electrons. The summed E-state index contributed by atoms with van der Waals surface area (Å²) in [6, 6.07) is 14.2. The summed E-state index contributed by atoms with van der Waals surface area (Å²) in [6.45, 7) is 1.74. The Kier molecular flexibility index (Phi) is 5.10. The Morgan fingerprint density at radius 1 is 1.07 bits per heavy atom. The minimum absolute atomic E-state index is 0.121. The van der Waals surface area contributed by atoms with Gasteiger partial charge in [0, 0.05) is 22.5 Å². The first kappa shape index (κ1) is 19.8. The van der Waals surface area contributed by atoms with Gasteiger partial charge < -0.3 is 5.11 Å². The predicted molar refractivity (Wildman–Crippen MR) is 112 cm³/mol. The summed E-state index contributed by atoms with van der Waals surface area (Å²) in [6.07, 6.45) is 1.54. The van der Waals surface area contributed by atoms with Crippen LogP contribution in [0.2, 0.25) is 5.02 Å². The molecule has 0 radical (unpaired) electrons. The number of benzene rings is 2. The molecule has 4 rings (SSSR count). The highest BCUT2D eigenvalue weighted by Gasteiger charge is 2.48. The Bertz CT molecular complexity index is 1180. The van der Waals surface area contributed by atoms with Gasteiger partial charge in [0.25, 0.3) is 11.7 Å². The van der Waals surface area contributed by atoms with Crippen molar-refractivity contribution in [3.05, 3.63) is 100 Å². The van der Waals surface area contributed by atoms with Crippen LogP contribution in [0.1, 0.15) is 22.9 Å². The van der Waals surface area contributed by atoms with E-state index in [2.05, 4.69) is 4.98 Å². The van der Waals surface area contributed by atoms with Crippen LogP contribution in [0.4, 0.5) is 10.1 Å². The Labute approximate surface area is 177 Å². The van der Waals surface area contributed by atoms with Gasteiger partial charge in [-0.15, -0.1) is 0 Å². The molecule has 1 aromatic heterocycles. The number of hydrogen-bond donors (Lipinski definition) is 1. The molecule has 0 spiro atoms. The lowest BCUT2D eigenvalue weighted by Crippen LogP contribution is -2.30. The number of carbonyl (C=O) groups is 2. The van der Waals surface area contributed by atoms with Gasteiger partial charge in [0.15, 0.2) is 0 Å². The molecule has 2 aromatic carbocycles. The lowest BCUT2D eigenvalue weighted by atomic mass is 9.98. The van der Waals surface area contributed by atoms with Crippen LogP contribution in [0.15, 0.2) is 72.4 Å². The van der Waals surface area contributed by atoms with Gasteiger partial charge in [-0.2, -0.15) is 0 Å². The van der Waals surface area contributed by atoms with Crippen LogP contribution < -0.4 is 4.90 Å². The number of carbonyl (C=O) groups excluding carboxylic acids is 2. The van der Waals surface area contributed by atoms with Crippen LogP contribution in [0.25, 0.3) is 5.76 Å². The predicted octanol–water partition coefficient (Wildman–Crippen LogP) is 4.81. The van der Waals surface area contributed by atoms with Gasteiger partial charge in [-0.25, -0.2) is 4.39 Å². The number of halogens is 2. The SMILES string of the molecule is Cc1c(Cl)cccc1N1C(=O)C(=O)/C(=C(/O)c2ccc(F)cc2)C1c1ccccn1. The van der Waals surface area contributed by atoms with Crippen LogP contribution in [-0.4, -0.2) is 21.8 Å². The Morgan fingerprint density at radius 2 is 1.80 bits per heavy atom. The van der Waals surface area contributed by atoms with Crippen LogP contribution in [0.3, 0.4) is 0 Å². The standard InChI is InChI=1S/C23H16ClFN2O3/c1-13-16(24)5-4-7-18(13)27-20(17-6-2-3-12-26-17)19(22(29)23(27)30)21(28)14-8-10-15(25)11-9-14/h2-12,20,28H,1H3/b21-19+. The zero-order valence-corrected chi connectivity index (χ0v) is 16.6. The van der Waals surface area contributed by atoms with E-state index < -0.39 is 29.3 Å². The number of rotatable bonds is 3. The average Bonchev–Trinajstić information content (AvgIpc) is 3.01. The van der Waals surface area contributed by atoms with Gasteiger partial charge in [0.05, 0.1) is 11.3 Å². The minimum Gasteiger partial charge on any atom is -0.507 e. The molecular weight excluding hydrogens is 407 g/mol. The molecule has 0 saturated carbocycles. The maximum Gasteiger partial charge on any atom is 0.300 e. The van der Waals surface area contributed by atoms with Crippen molar-refractivity contribution in [2.45, 2.75) is 13.0 Å². The average molecular weight is 423 g/mol. The summed E-state index contributed by atoms with van der Waals surface area (Å²) in [5.74, 6) is -2.54. The largest absolute Gasteiger partial charge is 0.507 e. The van der Waals surface area contributed by atoms with Gasteiger partial charge in [0.1, 0.15) is 17.6 Å². The van der Waals surface area contributed by atoms with Crippen molar-refractivity contribution >= 4 is 34.7 Å². The van der Waals surface area contributed by atoms with E-state index in [9.17, 15) is 19.1 Å². The number of ketones is 1. The summed E-state index contributed by atoms with van der Waals surface area (Å²) in [5.41, 5.74) is 1.56. The number of hydrogen-bond acceptors (Lipinski definition) is 4. The lowest BCUT2D eigenvalue weighted by Gasteiger charge is -2.26. The second-order valence-electron chi connectivity index (χ2n) is 6.81. The van der Waals surface area contributed by atoms with E-state index in [4.69, 9.17) is 11.6 Å². The van der Waals surface area contributed by atoms with E-state index >= 15 is 0 Å². The van der Waals surface area contributed by atoms with Crippen LogP contribution in [0, 0.1) is 12.7 Å². The van der Waals surface area contributed by atoms with Gasteiger partial charge in [-0.05, 0) is 61.0 Å². The molecule has 1 aliphatic heterocycles. The van der Waals surface area contributed by atoms with Crippen LogP contribution in [-0.2, 0) is 9.59 Å². The van der Waals surface area contributed by atoms with Crippen molar-refractivity contribution in [2.24, 2.45) is 0 Å². The monoisotopic (exact) mass is 422 g/mol. The molecule has 1 unspecified atom stereocenters. The normalized spacial score (nSPS) is 18.1. The summed E-state index contributed by atoms with van der Waals surface area (Å²) in [5, 5.41) is 11.4. The number of pyridine rings is 1. The number of Topliss-reactive ketones (excluding diaryl/α,β-unsaturated/α-hetero) is 1. The summed E-state index contributed by atoms with van der Waals surface area (Å²) < 4.78 is 13.3. The number of aliphatic hydroxyl groups excluding tert-OH is 1. The minimum atomic E-state index is -0.964. The van der Waals surface area contributed by atoms with E-state index in [1.165, 1.54) is 35.4 Å². The molecule has 7 heteroatoms. The molecule has 3 aromatic rings. The van der Waals surface area contributed by atoms with Gasteiger partial charge >= 0.3 is 0 Å². The smallest absolute Gasteiger partial charge is 0.300 e.